The van der Waals surface area contributed by atoms with E-state index in [0.29, 0.717) is 6.61 Å². The number of aliphatic hydroxyl groups excluding tert-OH is 1. The average molecular weight is 313 g/mol. The van der Waals surface area contributed by atoms with Gasteiger partial charge in [0.25, 0.3) is 0 Å². The lowest BCUT2D eigenvalue weighted by atomic mass is 10.4. The van der Waals surface area contributed by atoms with Crippen molar-refractivity contribution in [2.45, 2.75) is 13.3 Å². The third-order valence-electron chi connectivity index (χ3n) is 1.89. The van der Waals surface area contributed by atoms with Crippen molar-refractivity contribution in [3.8, 4) is 0 Å². The molecule has 0 aromatic heterocycles. The summed E-state index contributed by atoms with van der Waals surface area (Å²) >= 11 is 0. The average Bonchev–Trinajstić information content (AvgIpc) is 2.32. The first-order valence-electron chi connectivity index (χ1n) is 5.77. The quantitative estimate of drug-likeness (QED) is 0.141. The van der Waals surface area contributed by atoms with Gasteiger partial charge in [-0.3, -0.25) is 4.18 Å². The number of allylic oxidation sites excluding steroid dienone is 1. The van der Waals surface area contributed by atoms with Gasteiger partial charge in [0.2, 0.25) is 10.4 Å². The van der Waals surface area contributed by atoms with Crippen molar-refractivity contribution in [3.63, 3.8) is 0 Å². The number of aliphatic hydroxyl groups is 1. The minimum Gasteiger partial charge on any atom is -0.726 e. The number of quaternary nitrogens is 1. The van der Waals surface area contributed by atoms with Crippen LogP contribution < -0.4 is 0 Å². The number of hydrogen-bond donors (Lipinski definition) is 1. The molecule has 0 atom stereocenters. The summed E-state index contributed by atoms with van der Waals surface area (Å²) in [6, 6.07) is 0. The second kappa shape index (κ2) is 9.70. The van der Waals surface area contributed by atoms with Crippen molar-refractivity contribution in [3.05, 3.63) is 11.8 Å². The minimum atomic E-state index is -4.41. The van der Waals surface area contributed by atoms with E-state index >= 15 is 0 Å². The number of hydrogen-bond acceptors (Lipinski definition) is 7. The van der Waals surface area contributed by atoms with Crippen LogP contribution in [-0.4, -0.2) is 69.9 Å². The maximum atomic E-state index is 11.0. The number of ether oxygens (including phenoxy) is 1. The third kappa shape index (κ3) is 16.8. The lowest BCUT2D eigenvalue weighted by molar-refractivity contribution is -0.870. The van der Waals surface area contributed by atoms with Crippen LogP contribution in [0.5, 0.6) is 0 Å². The number of nitrogens with zero attached hydrogens (tertiary/aromatic N) is 1. The summed E-state index contributed by atoms with van der Waals surface area (Å²) in [4.78, 5) is 11.0. The van der Waals surface area contributed by atoms with Gasteiger partial charge >= 0.3 is 5.97 Å². The Bertz CT molecular complexity index is 409. The van der Waals surface area contributed by atoms with E-state index in [1.165, 1.54) is 6.08 Å². The van der Waals surface area contributed by atoms with Crippen LogP contribution in [0.15, 0.2) is 11.8 Å². The number of carbonyl (C=O) groups excluding carboxylic acids is 1. The summed E-state index contributed by atoms with van der Waals surface area (Å²) in [5.41, 5.74) is 0. The van der Waals surface area contributed by atoms with Crippen LogP contribution in [0, 0.1) is 0 Å². The van der Waals surface area contributed by atoms with Gasteiger partial charge in [-0.1, -0.05) is 0 Å². The molecule has 0 spiro atoms. The second-order valence-electron chi connectivity index (χ2n) is 4.75. The van der Waals surface area contributed by atoms with E-state index in [0.717, 1.165) is 24.6 Å². The van der Waals surface area contributed by atoms with Gasteiger partial charge in [-0.15, -0.1) is 0 Å². The molecule has 1 N–H and O–H groups in total. The molecule has 0 rings (SSSR count). The molecule has 8 nitrogen and oxygen atoms in total. The van der Waals surface area contributed by atoms with Crippen molar-refractivity contribution in [2.24, 2.45) is 0 Å². The Morgan fingerprint density at radius 2 is 1.80 bits per heavy atom. The summed E-state index contributed by atoms with van der Waals surface area (Å²) in [6.45, 7) is 2.87. The normalized spacial score (nSPS) is 12.4. The molecule has 0 unspecified atom stereocenters. The van der Waals surface area contributed by atoms with E-state index in [2.05, 4.69) is 25.3 Å². The minimum absolute atomic E-state index is 0.324. The van der Waals surface area contributed by atoms with Crippen LogP contribution in [0.25, 0.3) is 0 Å². The summed E-state index contributed by atoms with van der Waals surface area (Å²) < 4.78 is 36.7. The van der Waals surface area contributed by atoms with Gasteiger partial charge in [-0.2, -0.15) is 0 Å². The highest BCUT2D eigenvalue weighted by atomic mass is 32.3. The molecule has 0 fully saturated rings. The fourth-order valence-electron chi connectivity index (χ4n) is 0.896. The summed E-state index contributed by atoms with van der Waals surface area (Å²) in [7, 11) is 2.62. The molecule has 0 aliphatic carbocycles. The number of esters is 1. The van der Waals surface area contributed by atoms with E-state index in [4.69, 9.17) is 9.84 Å². The Morgan fingerprint density at radius 3 is 2.10 bits per heavy atom. The zero-order valence-electron chi connectivity index (χ0n) is 12.5. The highest BCUT2D eigenvalue weighted by Crippen LogP contribution is 1.97. The SMILES string of the molecule is CC=C(O)C(=O)OCCC[N+](C)(C)C.COS(=O)(=O)[O-]. The molecule has 0 aromatic carbocycles. The first-order chi connectivity index (χ1) is 8.93. The molecule has 0 saturated carbocycles. The lowest BCUT2D eigenvalue weighted by Crippen LogP contribution is -2.35. The lowest BCUT2D eigenvalue weighted by Gasteiger charge is -2.23. The van der Waals surface area contributed by atoms with Crippen LogP contribution in [0.1, 0.15) is 13.3 Å². The van der Waals surface area contributed by atoms with E-state index in [1.807, 2.05) is 0 Å². The van der Waals surface area contributed by atoms with Gasteiger partial charge in [0.1, 0.15) is 0 Å². The standard InChI is InChI=1S/C10H19NO3.CH4O4S/c1-5-9(12)10(13)14-8-6-7-11(2,3)4;1-5-6(2,3)4/h5H,6-8H2,1-4H3;1H3,(H,2,3,4). The Labute approximate surface area is 120 Å². The van der Waals surface area contributed by atoms with E-state index in [1.54, 1.807) is 6.92 Å². The Morgan fingerprint density at radius 1 is 1.35 bits per heavy atom. The molecule has 0 aliphatic rings. The van der Waals surface area contributed by atoms with Crippen LogP contribution in [0.4, 0.5) is 0 Å². The van der Waals surface area contributed by atoms with Gasteiger partial charge in [-0.25, -0.2) is 13.2 Å². The van der Waals surface area contributed by atoms with Gasteiger partial charge in [0, 0.05) is 6.42 Å². The Kier molecular flexibility index (Phi) is 10.3. The van der Waals surface area contributed by atoms with Crippen LogP contribution in [0.2, 0.25) is 0 Å². The molecule has 0 radical (unpaired) electrons. The fraction of sp³-hybridized carbons (Fsp3) is 0.727. The molecule has 0 saturated heterocycles. The highest BCUT2D eigenvalue weighted by Gasteiger charge is 2.09. The van der Waals surface area contributed by atoms with Crippen molar-refractivity contribution in [1.29, 1.82) is 0 Å². The predicted molar refractivity (Wildman–Crippen MR) is 71.6 cm³/mol. The molecular weight excluding hydrogens is 290 g/mol. The molecule has 0 amide bonds. The fourth-order valence-corrected chi connectivity index (χ4v) is 0.896. The topological polar surface area (TPSA) is 113 Å². The maximum Gasteiger partial charge on any atom is 0.373 e. The van der Waals surface area contributed by atoms with Gasteiger partial charge in [-0.05, 0) is 13.0 Å². The summed E-state index contributed by atoms with van der Waals surface area (Å²) in [6.07, 6.45) is 2.12. The largest absolute Gasteiger partial charge is 0.726 e. The van der Waals surface area contributed by atoms with Crippen LogP contribution in [-0.2, 0) is 24.1 Å². The van der Waals surface area contributed by atoms with Crippen LogP contribution >= 0.6 is 0 Å². The molecule has 0 heterocycles. The van der Waals surface area contributed by atoms with E-state index < -0.39 is 16.4 Å². The molecule has 120 valence electrons. The van der Waals surface area contributed by atoms with Gasteiger partial charge < -0.3 is 18.9 Å². The van der Waals surface area contributed by atoms with Crippen molar-refractivity contribution < 1.29 is 36.3 Å². The first-order valence-corrected chi connectivity index (χ1v) is 7.10. The Balaban J connectivity index is 0. The third-order valence-corrected chi connectivity index (χ3v) is 2.30. The molecular formula is C11H23NO7S. The predicted octanol–water partition coefficient (Wildman–Crippen LogP) is 0.181. The van der Waals surface area contributed by atoms with Gasteiger partial charge in [0.15, 0.2) is 5.76 Å². The summed E-state index contributed by atoms with van der Waals surface area (Å²) in [5.74, 6) is -0.968. The number of rotatable bonds is 6. The van der Waals surface area contributed by atoms with Crippen molar-refractivity contribution in [1.82, 2.24) is 0 Å². The zero-order valence-corrected chi connectivity index (χ0v) is 13.3. The number of carbonyl (C=O) groups is 1. The van der Waals surface area contributed by atoms with Crippen molar-refractivity contribution in [2.75, 3.05) is 41.4 Å². The zero-order chi connectivity index (χ0) is 16.4. The first kappa shape index (κ1) is 21.1. The second-order valence-corrected chi connectivity index (χ2v) is 5.90. The molecule has 9 heteroatoms. The van der Waals surface area contributed by atoms with Crippen LogP contribution in [0.3, 0.4) is 0 Å². The molecule has 0 aliphatic heterocycles. The van der Waals surface area contributed by atoms with Crippen molar-refractivity contribution >= 4 is 16.4 Å². The highest BCUT2D eigenvalue weighted by molar-refractivity contribution is 7.80. The summed E-state index contributed by atoms with van der Waals surface area (Å²) in [5, 5.41) is 8.97. The van der Waals surface area contributed by atoms with E-state index in [9.17, 15) is 17.8 Å². The van der Waals surface area contributed by atoms with E-state index in [-0.39, 0.29) is 5.76 Å². The molecule has 20 heavy (non-hydrogen) atoms. The van der Waals surface area contributed by atoms with Gasteiger partial charge in [0.05, 0.1) is 41.4 Å². The smallest absolute Gasteiger partial charge is 0.373 e. The Hall–Kier alpha value is -1.16. The molecule has 0 bridgehead atoms. The monoisotopic (exact) mass is 313 g/mol. The maximum absolute atomic E-state index is 11.0. The molecule has 0 aromatic rings.